The Balaban J connectivity index is 2.65. The minimum Gasteiger partial charge on any atom is -0.480 e. The smallest absolute Gasteiger partial charge is 0.326 e. The molecule has 0 fully saturated rings. The lowest BCUT2D eigenvalue weighted by atomic mass is 10.1. The number of rotatable bonds is 6. The van der Waals surface area contributed by atoms with Crippen LogP contribution >= 0.6 is 11.6 Å². The Morgan fingerprint density at radius 3 is 2.48 bits per heavy atom. The number of hydrogen-bond acceptors (Lipinski definition) is 3. The van der Waals surface area contributed by atoms with E-state index in [1.165, 1.54) is 0 Å². The average Bonchev–Trinajstić information content (AvgIpc) is 2.36. The van der Waals surface area contributed by atoms with Gasteiger partial charge >= 0.3 is 5.97 Å². The van der Waals surface area contributed by atoms with Crippen LogP contribution in [0.15, 0.2) is 24.3 Å². The Hall–Kier alpha value is -1.59. The highest BCUT2D eigenvalue weighted by Gasteiger charge is 2.22. The Kier molecular flexibility index (Phi) is 6.18. The highest BCUT2D eigenvalue weighted by atomic mass is 35.5. The number of aliphatic carboxylic acids is 1. The van der Waals surface area contributed by atoms with Crippen LogP contribution in [0.2, 0.25) is 5.02 Å². The van der Waals surface area contributed by atoms with E-state index in [1.807, 2.05) is 20.8 Å². The van der Waals surface area contributed by atoms with Crippen molar-refractivity contribution in [2.45, 2.75) is 38.8 Å². The van der Waals surface area contributed by atoms with Gasteiger partial charge in [0.25, 0.3) is 5.91 Å². The SMILES string of the molecule is CC(C)(C)OCCC(NC(=O)c1ccccc1Cl)C(=O)O. The average molecular weight is 314 g/mol. The quantitative estimate of drug-likeness (QED) is 0.846. The third-order valence-corrected chi connectivity index (χ3v) is 2.99. The van der Waals surface area contributed by atoms with E-state index in [0.717, 1.165) is 0 Å². The first kappa shape index (κ1) is 17.5. The number of carbonyl (C=O) groups is 2. The van der Waals surface area contributed by atoms with Crippen LogP contribution in [-0.2, 0) is 9.53 Å². The molecule has 1 rings (SSSR count). The van der Waals surface area contributed by atoms with E-state index >= 15 is 0 Å². The van der Waals surface area contributed by atoms with Crippen LogP contribution in [0.1, 0.15) is 37.6 Å². The van der Waals surface area contributed by atoms with Crippen molar-refractivity contribution in [3.05, 3.63) is 34.9 Å². The largest absolute Gasteiger partial charge is 0.480 e. The van der Waals surface area contributed by atoms with Crippen molar-refractivity contribution < 1.29 is 19.4 Å². The maximum Gasteiger partial charge on any atom is 0.326 e. The highest BCUT2D eigenvalue weighted by molar-refractivity contribution is 6.33. The molecule has 1 aromatic rings. The molecule has 6 heteroatoms. The standard InChI is InChI=1S/C15H20ClNO4/c1-15(2,3)21-9-8-12(14(19)20)17-13(18)10-6-4-5-7-11(10)16/h4-7,12H,8-9H2,1-3H3,(H,17,18)(H,19,20). The monoisotopic (exact) mass is 313 g/mol. The summed E-state index contributed by atoms with van der Waals surface area (Å²) >= 11 is 5.91. The number of nitrogens with one attached hydrogen (secondary N) is 1. The molecule has 1 aromatic carbocycles. The molecule has 116 valence electrons. The van der Waals surface area contributed by atoms with Gasteiger partial charge in [0.2, 0.25) is 0 Å². The van der Waals surface area contributed by atoms with Crippen LogP contribution < -0.4 is 5.32 Å². The summed E-state index contributed by atoms with van der Waals surface area (Å²) in [5, 5.41) is 11.9. The third kappa shape index (κ3) is 6.14. The number of carboxylic acids is 1. The molecule has 0 bridgehead atoms. The fourth-order valence-corrected chi connectivity index (χ4v) is 1.84. The molecule has 1 atom stereocenters. The number of hydrogen-bond donors (Lipinski definition) is 2. The number of carbonyl (C=O) groups excluding carboxylic acids is 1. The zero-order valence-electron chi connectivity index (χ0n) is 12.4. The van der Waals surface area contributed by atoms with Crippen molar-refractivity contribution >= 4 is 23.5 Å². The summed E-state index contributed by atoms with van der Waals surface area (Å²) < 4.78 is 5.48. The van der Waals surface area contributed by atoms with Gasteiger partial charge in [-0.25, -0.2) is 4.79 Å². The summed E-state index contributed by atoms with van der Waals surface area (Å²) in [6, 6.07) is 5.47. The molecule has 0 aliphatic heterocycles. The van der Waals surface area contributed by atoms with Gasteiger partial charge in [-0.1, -0.05) is 23.7 Å². The summed E-state index contributed by atoms with van der Waals surface area (Å²) in [5.41, 5.74) is -0.0994. The van der Waals surface area contributed by atoms with Gasteiger partial charge in [-0.05, 0) is 32.9 Å². The lowest BCUT2D eigenvalue weighted by Crippen LogP contribution is -2.42. The molecule has 0 heterocycles. The summed E-state index contributed by atoms with van der Waals surface area (Å²) in [6.07, 6.45) is 0.183. The maximum absolute atomic E-state index is 12.0. The number of benzene rings is 1. The van der Waals surface area contributed by atoms with Crippen LogP contribution in [0.4, 0.5) is 0 Å². The zero-order chi connectivity index (χ0) is 16.0. The lowest BCUT2D eigenvalue weighted by Gasteiger charge is -2.21. The third-order valence-electron chi connectivity index (χ3n) is 2.66. The van der Waals surface area contributed by atoms with Crippen LogP contribution in [0.3, 0.4) is 0 Å². The minimum atomic E-state index is -1.10. The molecule has 0 aliphatic rings. The molecule has 21 heavy (non-hydrogen) atoms. The van der Waals surface area contributed by atoms with E-state index in [9.17, 15) is 9.59 Å². The van der Waals surface area contributed by atoms with E-state index < -0.39 is 17.9 Å². The normalized spacial score (nSPS) is 12.8. The van der Waals surface area contributed by atoms with Crippen LogP contribution in [0.25, 0.3) is 0 Å². The molecule has 0 radical (unpaired) electrons. The van der Waals surface area contributed by atoms with Gasteiger partial charge in [-0.3, -0.25) is 4.79 Å². The number of ether oxygens (including phenoxy) is 1. The first-order valence-electron chi connectivity index (χ1n) is 6.63. The highest BCUT2D eigenvalue weighted by Crippen LogP contribution is 2.15. The predicted molar refractivity (Wildman–Crippen MR) is 80.7 cm³/mol. The first-order chi connectivity index (χ1) is 9.70. The van der Waals surface area contributed by atoms with Gasteiger partial charge in [0.05, 0.1) is 16.2 Å². The summed E-state index contributed by atoms with van der Waals surface area (Å²) in [5.74, 6) is -1.61. The fourth-order valence-electron chi connectivity index (χ4n) is 1.62. The van der Waals surface area contributed by atoms with Crippen molar-refractivity contribution in [2.75, 3.05) is 6.61 Å². The summed E-state index contributed by atoms with van der Waals surface area (Å²) in [4.78, 5) is 23.2. The van der Waals surface area contributed by atoms with Gasteiger partial charge < -0.3 is 15.2 Å². The molecule has 0 aromatic heterocycles. The Morgan fingerprint density at radius 2 is 1.95 bits per heavy atom. The second-order valence-corrected chi connectivity index (χ2v) is 6.00. The zero-order valence-corrected chi connectivity index (χ0v) is 13.1. The summed E-state index contributed by atoms with van der Waals surface area (Å²) in [6.45, 7) is 5.88. The second-order valence-electron chi connectivity index (χ2n) is 5.59. The van der Waals surface area contributed by atoms with Crippen molar-refractivity contribution in [3.8, 4) is 0 Å². The molecule has 0 saturated heterocycles. The van der Waals surface area contributed by atoms with Crippen molar-refractivity contribution in [3.63, 3.8) is 0 Å². The van der Waals surface area contributed by atoms with Gasteiger partial charge in [0, 0.05) is 13.0 Å². The molecule has 0 aliphatic carbocycles. The van der Waals surface area contributed by atoms with Crippen molar-refractivity contribution in [1.82, 2.24) is 5.32 Å². The number of amides is 1. The Morgan fingerprint density at radius 1 is 1.33 bits per heavy atom. The molecule has 0 saturated carbocycles. The Bertz CT molecular complexity index is 511. The van der Waals surface area contributed by atoms with E-state index in [1.54, 1.807) is 24.3 Å². The Labute approximate surface area is 129 Å². The molecule has 5 nitrogen and oxygen atoms in total. The molecule has 1 amide bonds. The van der Waals surface area contributed by atoms with E-state index in [2.05, 4.69) is 5.32 Å². The van der Waals surface area contributed by atoms with Gasteiger partial charge in [-0.2, -0.15) is 0 Å². The van der Waals surface area contributed by atoms with E-state index in [0.29, 0.717) is 0 Å². The van der Waals surface area contributed by atoms with Gasteiger partial charge in [-0.15, -0.1) is 0 Å². The van der Waals surface area contributed by atoms with Gasteiger partial charge in [0.15, 0.2) is 0 Å². The molecular weight excluding hydrogens is 294 g/mol. The first-order valence-corrected chi connectivity index (χ1v) is 7.00. The number of carboxylic acid groups (broad SMARTS) is 1. The number of halogens is 1. The lowest BCUT2D eigenvalue weighted by molar-refractivity contribution is -0.140. The summed E-state index contributed by atoms with van der Waals surface area (Å²) in [7, 11) is 0. The minimum absolute atomic E-state index is 0.183. The van der Waals surface area contributed by atoms with Crippen molar-refractivity contribution in [2.24, 2.45) is 0 Å². The predicted octanol–water partition coefficient (Wildman–Crippen LogP) is 2.73. The van der Waals surface area contributed by atoms with Crippen LogP contribution in [-0.4, -0.2) is 35.2 Å². The second kappa shape index (κ2) is 7.43. The molecule has 2 N–H and O–H groups in total. The van der Waals surface area contributed by atoms with E-state index in [4.69, 9.17) is 21.4 Å². The molecule has 1 unspecified atom stereocenters. The van der Waals surface area contributed by atoms with Gasteiger partial charge in [0.1, 0.15) is 6.04 Å². The van der Waals surface area contributed by atoms with Crippen LogP contribution in [0.5, 0.6) is 0 Å². The molecule has 0 spiro atoms. The van der Waals surface area contributed by atoms with Crippen molar-refractivity contribution in [1.29, 1.82) is 0 Å². The maximum atomic E-state index is 12.0. The molecular formula is C15H20ClNO4. The topological polar surface area (TPSA) is 75.6 Å². The van der Waals surface area contributed by atoms with Crippen LogP contribution in [0, 0.1) is 0 Å². The van der Waals surface area contributed by atoms with E-state index in [-0.39, 0.29) is 29.2 Å². The fraction of sp³-hybridized carbons (Fsp3) is 0.467.